The Morgan fingerprint density at radius 2 is 1.78 bits per heavy atom. The monoisotopic (exact) mass is 125 g/mol. The first-order chi connectivity index (χ1) is 4.41. The molecule has 1 heteroatoms. The molecule has 0 saturated heterocycles. The smallest absolute Gasteiger partial charge is 0.0106 e. The van der Waals surface area contributed by atoms with E-state index in [1.54, 1.807) is 0 Å². The second-order valence-corrected chi connectivity index (χ2v) is 1.82. The Kier molecular flexibility index (Phi) is 6.98. The van der Waals surface area contributed by atoms with Crippen LogP contribution in [0.1, 0.15) is 19.8 Å². The van der Waals surface area contributed by atoms with Crippen molar-refractivity contribution in [3.8, 4) is 0 Å². The van der Waals surface area contributed by atoms with Gasteiger partial charge in [0.15, 0.2) is 0 Å². The van der Waals surface area contributed by atoms with Crippen LogP contribution in [-0.2, 0) is 0 Å². The van der Waals surface area contributed by atoms with E-state index in [0.29, 0.717) is 6.54 Å². The van der Waals surface area contributed by atoms with Gasteiger partial charge in [-0.15, -0.1) is 0 Å². The third kappa shape index (κ3) is 7.44. The molecule has 0 heterocycles. The molecule has 1 nitrogen and oxygen atoms in total. The highest BCUT2D eigenvalue weighted by Gasteiger charge is 1.68. The number of rotatable bonds is 4. The average Bonchev–Trinajstić information content (AvgIpc) is 1.89. The van der Waals surface area contributed by atoms with Crippen LogP contribution in [0.3, 0.4) is 0 Å². The van der Waals surface area contributed by atoms with Crippen LogP contribution in [0, 0.1) is 0 Å². The predicted molar refractivity (Wildman–Crippen MR) is 42.2 cm³/mol. The van der Waals surface area contributed by atoms with Gasteiger partial charge < -0.3 is 5.73 Å². The van der Waals surface area contributed by atoms with E-state index in [4.69, 9.17) is 5.73 Å². The van der Waals surface area contributed by atoms with Gasteiger partial charge in [0, 0.05) is 6.54 Å². The van der Waals surface area contributed by atoms with Crippen molar-refractivity contribution in [1.29, 1.82) is 0 Å². The lowest BCUT2D eigenvalue weighted by Gasteiger charge is -1.80. The van der Waals surface area contributed by atoms with E-state index in [1.165, 1.54) is 0 Å². The van der Waals surface area contributed by atoms with Gasteiger partial charge in [0.1, 0.15) is 0 Å². The summed E-state index contributed by atoms with van der Waals surface area (Å²) in [4.78, 5) is 0. The first kappa shape index (κ1) is 8.44. The normalized spacial score (nSPS) is 11.8. The Bertz CT molecular complexity index is 80.7. The molecule has 0 aliphatic carbocycles. The first-order valence-corrected chi connectivity index (χ1v) is 3.42. The minimum atomic E-state index is 0.653. The molecule has 0 atom stereocenters. The topological polar surface area (TPSA) is 26.0 Å². The van der Waals surface area contributed by atoms with Crippen molar-refractivity contribution < 1.29 is 0 Å². The second-order valence-electron chi connectivity index (χ2n) is 1.82. The van der Waals surface area contributed by atoms with Crippen molar-refractivity contribution in [1.82, 2.24) is 0 Å². The van der Waals surface area contributed by atoms with E-state index < -0.39 is 0 Å². The van der Waals surface area contributed by atoms with E-state index in [1.807, 2.05) is 6.08 Å². The highest BCUT2D eigenvalue weighted by Crippen LogP contribution is 1.86. The van der Waals surface area contributed by atoms with Crippen LogP contribution in [0.2, 0.25) is 0 Å². The van der Waals surface area contributed by atoms with Crippen LogP contribution in [-0.4, -0.2) is 6.54 Å². The summed E-state index contributed by atoms with van der Waals surface area (Å²) in [7, 11) is 0. The van der Waals surface area contributed by atoms with E-state index in [9.17, 15) is 0 Å². The van der Waals surface area contributed by atoms with Gasteiger partial charge in [-0.25, -0.2) is 0 Å². The van der Waals surface area contributed by atoms with Gasteiger partial charge in [0.25, 0.3) is 0 Å². The van der Waals surface area contributed by atoms with Crippen LogP contribution in [0.15, 0.2) is 24.3 Å². The molecule has 0 radical (unpaired) electrons. The Balaban J connectivity index is 3.08. The Hall–Kier alpha value is -0.560. The van der Waals surface area contributed by atoms with Crippen molar-refractivity contribution in [2.75, 3.05) is 6.54 Å². The van der Waals surface area contributed by atoms with Crippen molar-refractivity contribution in [3.05, 3.63) is 24.3 Å². The molecule has 0 aromatic rings. The lowest BCUT2D eigenvalue weighted by atomic mass is 10.3. The molecule has 0 rings (SSSR count). The summed E-state index contributed by atoms with van der Waals surface area (Å²) >= 11 is 0. The SMILES string of the molecule is CCC=CCC=CCN. The van der Waals surface area contributed by atoms with Crippen molar-refractivity contribution in [3.63, 3.8) is 0 Å². The third-order valence-electron chi connectivity index (χ3n) is 0.977. The summed E-state index contributed by atoms with van der Waals surface area (Å²) in [6.45, 7) is 2.78. The zero-order valence-corrected chi connectivity index (χ0v) is 6.01. The standard InChI is InChI=1S/C8H15N/c1-2-3-4-5-6-7-8-9/h3-4,6-7H,2,5,8-9H2,1H3. The maximum atomic E-state index is 5.23. The molecule has 0 spiro atoms. The molecule has 0 aliphatic heterocycles. The van der Waals surface area contributed by atoms with Crippen molar-refractivity contribution in [2.45, 2.75) is 19.8 Å². The molecule has 0 unspecified atom stereocenters. The summed E-state index contributed by atoms with van der Waals surface area (Å²) in [6, 6.07) is 0. The zero-order valence-electron chi connectivity index (χ0n) is 6.01. The molecule has 0 bridgehead atoms. The molecular weight excluding hydrogens is 110 g/mol. The minimum Gasteiger partial charge on any atom is -0.327 e. The van der Waals surface area contributed by atoms with Gasteiger partial charge >= 0.3 is 0 Å². The lowest BCUT2D eigenvalue weighted by Crippen LogP contribution is -1.91. The average molecular weight is 125 g/mol. The molecule has 0 aromatic carbocycles. The van der Waals surface area contributed by atoms with Crippen LogP contribution < -0.4 is 5.73 Å². The van der Waals surface area contributed by atoms with Gasteiger partial charge in [0.2, 0.25) is 0 Å². The Morgan fingerprint density at radius 3 is 2.33 bits per heavy atom. The van der Waals surface area contributed by atoms with E-state index >= 15 is 0 Å². The fraction of sp³-hybridized carbons (Fsp3) is 0.500. The fourth-order valence-electron chi connectivity index (χ4n) is 0.534. The molecule has 0 amide bonds. The Labute approximate surface area is 57.3 Å². The Morgan fingerprint density at radius 1 is 1.11 bits per heavy atom. The molecule has 0 aliphatic rings. The summed E-state index contributed by atoms with van der Waals surface area (Å²) in [6.07, 6.45) is 10.5. The van der Waals surface area contributed by atoms with Gasteiger partial charge in [0.05, 0.1) is 0 Å². The van der Waals surface area contributed by atoms with Gasteiger partial charge in [-0.1, -0.05) is 31.2 Å². The first-order valence-electron chi connectivity index (χ1n) is 3.42. The summed E-state index contributed by atoms with van der Waals surface area (Å²) < 4.78 is 0. The summed E-state index contributed by atoms with van der Waals surface area (Å²) in [5, 5.41) is 0. The third-order valence-corrected chi connectivity index (χ3v) is 0.977. The highest BCUT2D eigenvalue weighted by molar-refractivity contribution is 4.92. The zero-order chi connectivity index (χ0) is 6.95. The van der Waals surface area contributed by atoms with Gasteiger partial charge in [-0.05, 0) is 12.8 Å². The quantitative estimate of drug-likeness (QED) is 0.570. The number of allylic oxidation sites excluding steroid dienone is 3. The van der Waals surface area contributed by atoms with Crippen molar-refractivity contribution >= 4 is 0 Å². The summed E-state index contributed by atoms with van der Waals surface area (Å²) in [5.41, 5.74) is 5.23. The van der Waals surface area contributed by atoms with Crippen LogP contribution in [0.4, 0.5) is 0 Å². The molecule has 52 valence electrons. The van der Waals surface area contributed by atoms with Crippen molar-refractivity contribution in [2.24, 2.45) is 5.73 Å². The molecule has 0 fully saturated rings. The molecule has 0 aromatic heterocycles. The second kappa shape index (κ2) is 7.44. The molecule has 0 saturated carbocycles. The highest BCUT2D eigenvalue weighted by atomic mass is 14.5. The van der Waals surface area contributed by atoms with E-state index in [0.717, 1.165) is 12.8 Å². The fourth-order valence-corrected chi connectivity index (χ4v) is 0.534. The maximum Gasteiger partial charge on any atom is 0.0106 e. The number of nitrogens with two attached hydrogens (primary N) is 1. The van der Waals surface area contributed by atoms with Crippen LogP contribution >= 0.6 is 0 Å². The maximum absolute atomic E-state index is 5.23. The molecule has 9 heavy (non-hydrogen) atoms. The predicted octanol–water partition coefficient (Wildman–Crippen LogP) is 1.86. The van der Waals surface area contributed by atoms with Gasteiger partial charge in [-0.2, -0.15) is 0 Å². The molecule has 2 N–H and O–H groups in total. The van der Waals surface area contributed by atoms with Crippen LogP contribution in [0.5, 0.6) is 0 Å². The molecular formula is C8H15N. The summed E-state index contributed by atoms with van der Waals surface area (Å²) in [5.74, 6) is 0. The van der Waals surface area contributed by atoms with E-state index in [-0.39, 0.29) is 0 Å². The number of hydrogen-bond acceptors (Lipinski definition) is 1. The lowest BCUT2D eigenvalue weighted by molar-refractivity contribution is 1.19. The largest absolute Gasteiger partial charge is 0.327 e. The van der Waals surface area contributed by atoms with E-state index in [2.05, 4.69) is 25.2 Å². The number of hydrogen-bond donors (Lipinski definition) is 1. The minimum absolute atomic E-state index is 0.653. The van der Waals surface area contributed by atoms with Crippen LogP contribution in [0.25, 0.3) is 0 Å². The van der Waals surface area contributed by atoms with Gasteiger partial charge in [-0.3, -0.25) is 0 Å².